The number of carbonyl (C=O) groups is 3. The Morgan fingerprint density at radius 3 is 2.29 bits per heavy atom. The van der Waals surface area contributed by atoms with Gasteiger partial charge in [0.15, 0.2) is 0 Å². The summed E-state index contributed by atoms with van der Waals surface area (Å²) < 4.78 is 0. The van der Waals surface area contributed by atoms with E-state index in [1.807, 2.05) is 44.2 Å². The maximum Gasteiger partial charge on any atom is 0.323 e. The van der Waals surface area contributed by atoms with Gasteiger partial charge >= 0.3 is 5.97 Å². The predicted molar refractivity (Wildman–Crippen MR) is 91.3 cm³/mol. The van der Waals surface area contributed by atoms with Crippen LogP contribution in [0.3, 0.4) is 0 Å². The number of nitrogens with zero attached hydrogens (tertiary/aromatic N) is 2. The lowest BCUT2D eigenvalue weighted by atomic mass is 10.2. The number of rotatable bonds is 9. The summed E-state index contributed by atoms with van der Waals surface area (Å²) in [4.78, 5) is 38.1. The highest BCUT2D eigenvalue weighted by Gasteiger charge is 2.22. The molecule has 0 heterocycles. The van der Waals surface area contributed by atoms with Gasteiger partial charge in [-0.2, -0.15) is 0 Å². The van der Waals surface area contributed by atoms with Crippen molar-refractivity contribution in [3.8, 4) is 0 Å². The molecule has 24 heavy (non-hydrogen) atoms. The molecule has 0 bridgehead atoms. The highest BCUT2D eigenvalue weighted by atomic mass is 16.4. The Balaban J connectivity index is 2.68. The minimum atomic E-state index is -1.03. The topological polar surface area (TPSA) is 77.9 Å². The predicted octanol–water partition coefficient (Wildman–Crippen LogP) is 2.14. The smallest absolute Gasteiger partial charge is 0.323 e. The average Bonchev–Trinajstić information content (AvgIpc) is 2.55. The average molecular weight is 334 g/mol. The van der Waals surface area contributed by atoms with E-state index in [4.69, 9.17) is 5.11 Å². The van der Waals surface area contributed by atoms with E-state index in [9.17, 15) is 14.4 Å². The summed E-state index contributed by atoms with van der Waals surface area (Å²) in [5.74, 6) is -1.39. The van der Waals surface area contributed by atoms with Gasteiger partial charge in [0.25, 0.3) is 0 Å². The first-order valence-electron chi connectivity index (χ1n) is 8.15. The molecule has 0 fully saturated rings. The largest absolute Gasteiger partial charge is 0.480 e. The van der Waals surface area contributed by atoms with Crippen LogP contribution >= 0.6 is 0 Å². The van der Waals surface area contributed by atoms with Gasteiger partial charge in [0.05, 0.1) is 0 Å². The number of benzene rings is 1. The summed E-state index contributed by atoms with van der Waals surface area (Å²) in [7, 11) is 0. The second-order valence-corrected chi connectivity index (χ2v) is 5.85. The van der Waals surface area contributed by atoms with E-state index in [2.05, 4.69) is 0 Å². The Morgan fingerprint density at radius 2 is 1.79 bits per heavy atom. The molecule has 1 aromatic carbocycles. The van der Waals surface area contributed by atoms with E-state index in [1.165, 1.54) is 11.8 Å². The van der Waals surface area contributed by atoms with Crippen molar-refractivity contribution in [1.82, 2.24) is 9.80 Å². The van der Waals surface area contributed by atoms with Crippen molar-refractivity contribution in [2.45, 2.75) is 46.2 Å². The number of carboxylic acid groups (broad SMARTS) is 1. The fourth-order valence-corrected chi connectivity index (χ4v) is 2.38. The summed E-state index contributed by atoms with van der Waals surface area (Å²) in [6.45, 7) is 5.60. The Morgan fingerprint density at radius 1 is 1.17 bits per heavy atom. The van der Waals surface area contributed by atoms with Crippen LogP contribution in [0, 0.1) is 0 Å². The van der Waals surface area contributed by atoms with Crippen LogP contribution in [0.4, 0.5) is 0 Å². The van der Waals surface area contributed by atoms with Gasteiger partial charge in [0.2, 0.25) is 11.8 Å². The first kappa shape index (κ1) is 19.7. The van der Waals surface area contributed by atoms with Gasteiger partial charge in [-0.15, -0.1) is 0 Å². The number of carboxylic acids is 1. The first-order chi connectivity index (χ1) is 11.3. The van der Waals surface area contributed by atoms with Crippen LogP contribution in [0.1, 0.15) is 39.2 Å². The van der Waals surface area contributed by atoms with Crippen LogP contribution in [0.2, 0.25) is 0 Å². The Kier molecular flexibility index (Phi) is 7.95. The van der Waals surface area contributed by atoms with E-state index in [0.29, 0.717) is 13.0 Å². The molecular weight excluding hydrogens is 308 g/mol. The van der Waals surface area contributed by atoms with Crippen molar-refractivity contribution >= 4 is 17.8 Å². The molecule has 1 N–H and O–H groups in total. The molecule has 132 valence electrons. The minimum Gasteiger partial charge on any atom is -0.480 e. The van der Waals surface area contributed by atoms with Crippen molar-refractivity contribution in [3.63, 3.8) is 0 Å². The Bertz CT molecular complexity index is 559. The maximum absolute atomic E-state index is 12.4. The monoisotopic (exact) mass is 334 g/mol. The Labute approximate surface area is 143 Å². The molecule has 6 heteroatoms. The number of amides is 2. The number of carbonyl (C=O) groups excluding carboxylic acids is 2. The summed E-state index contributed by atoms with van der Waals surface area (Å²) in [5, 5.41) is 8.98. The zero-order valence-corrected chi connectivity index (χ0v) is 14.6. The third-order valence-corrected chi connectivity index (χ3v) is 4.01. The van der Waals surface area contributed by atoms with Crippen LogP contribution < -0.4 is 0 Å². The van der Waals surface area contributed by atoms with Crippen molar-refractivity contribution in [1.29, 1.82) is 0 Å². The van der Waals surface area contributed by atoms with Gasteiger partial charge < -0.3 is 14.9 Å². The third-order valence-electron chi connectivity index (χ3n) is 4.01. The van der Waals surface area contributed by atoms with E-state index < -0.39 is 5.97 Å². The van der Waals surface area contributed by atoms with E-state index in [0.717, 1.165) is 5.56 Å². The zero-order chi connectivity index (χ0) is 18.1. The zero-order valence-electron chi connectivity index (χ0n) is 14.6. The molecular formula is C18H26N2O4. The van der Waals surface area contributed by atoms with Crippen LogP contribution in [0.25, 0.3) is 0 Å². The van der Waals surface area contributed by atoms with E-state index in [1.54, 1.807) is 4.90 Å². The highest BCUT2D eigenvalue weighted by molar-refractivity contribution is 5.82. The molecule has 0 saturated carbocycles. The number of aliphatic carboxylic acids is 1. The Hall–Kier alpha value is -2.37. The number of hydrogen-bond acceptors (Lipinski definition) is 3. The fourth-order valence-electron chi connectivity index (χ4n) is 2.38. The molecule has 1 unspecified atom stereocenters. The van der Waals surface area contributed by atoms with Gasteiger partial charge in [0.1, 0.15) is 6.54 Å². The lowest BCUT2D eigenvalue weighted by Gasteiger charge is -2.28. The molecule has 6 nitrogen and oxygen atoms in total. The molecule has 1 rings (SSSR count). The van der Waals surface area contributed by atoms with Crippen molar-refractivity contribution in [3.05, 3.63) is 35.9 Å². The summed E-state index contributed by atoms with van der Waals surface area (Å²) in [6.07, 6.45) is 0.795. The van der Waals surface area contributed by atoms with Gasteiger partial charge in [0, 0.05) is 32.5 Å². The van der Waals surface area contributed by atoms with Gasteiger partial charge in [-0.25, -0.2) is 0 Å². The quantitative estimate of drug-likeness (QED) is 0.750. The first-order valence-corrected chi connectivity index (χ1v) is 8.15. The van der Waals surface area contributed by atoms with Crippen LogP contribution in [0.5, 0.6) is 0 Å². The molecule has 2 amide bonds. The van der Waals surface area contributed by atoms with Crippen molar-refractivity contribution in [2.75, 3.05) is 13.1 Å². The molecule has 0 aliphatic rings. The lowest BCUT2D eigenvalue weighted by molar-refractivity contribution is -0.146. The molecule has 0 spiro atoms. The van der Waals surface area contributed by atoms with E-state index >= 15 is 0 Å². The van der Waals surface area contributed by atoms with Gasteiger partial charge in [-0.05, 0) is 18.9 Å². The lowest BCUT2D eigenvalue weighted by Crippen LogP contribution is -2.43. The van der Waals surface area contributed by atoms with E-state index in [-0.39, 0.29) is 37.4 Å². The molecule has 1 atom stereocenters. The maximum atomic E-state index is 12.4. The molecule has 0 saturated heterocycles. The third kappa shape index (κ3) is 6.40. The minimum absolute atomic E-state index is 0.111. The molecule has 0 aliphatic carbocycles. The standard InChI is InChI=1S/C18H26N2O4/c1-4-14(2)20(13-18(23)24)17(22)10-11-19(15(3)21)12-16-8-6-5-7-9-16/h5-9,14H,4,10-13H2,1-3H3,(H,23,24). The highest BCUT2D eigenvalue weighted by Crippen LogP contribution is 2.09. The second-order valence-electron chi connectivity index (χ2n) is 5.85. The number of hydrogen-bond donors (Lipinski definition) is 1. The normalized spacial score (nSPS) is 11.6. The summed E-state index contributed by atoms with van der Waals surface area (Å²) in [5.41, 5.74) is 0.990. The molecule has 0 aromatic heterocycles. The van der Waals surface area contributed by atoms with Crippen LogP contribution in [0.15, 0.2) is 30.3 Å². The summed E-state index contributed by atoms with van der Waals surface area (Å²) >= 11 is 0. The molecule has 1 aromatic rings. The molecule has 0 aliphatic heterocycles. The van der Waals surface area contributed by atoms with Crippen molar-refractivity contribution < 1.29 is 19.5 Å². The van der Waals surface area contributed by atoms with Crippen LogP contribution in [-0.4, -0.2) is 51.8 Å². The van der Waals surface area contributed by atoms with Gasteiger partial charge in [-0.3, -0.25) is 14.4 Å². The summed E-state index contributed by atoms with van der Waals surface area (Å²) in [6, 6.07) is 9.41. The SMILES string of the molecule is CCC(C)N(CC(=O)O)C(=O)CCN(Cc1ccccc1)C(C)=O. The van der Waals surface area contributed by atoms with Gasteiger partial charge in [-0.1, -0.05) is 37.3 Å². The molecule has 0 radical (unpaired) electrons. The van der Waals surface area contributed by atoms with Crippen LogP contribution in [-0.2, 0) is 20.9 Å². The van der Waals surface area contributed by atoms with Crippen molar-refractivity contribution in [2.24, 2.45) is 0 Å². The second kappa shape index (κ2) is 9.70. The fraction of sp³-hybridized carbons (Fsp3) is 0.500.